The second-order valence-electron chi connectivity index (χ2n) is 7.40. The van der Waals surface area contributed by atoms with Crippen LogP contribution in [-0.2, 0) is 4.74 Å². The molecular weight excluding hydrogens is 332 g/mol. The van der Waals surface area contributed by atoms with E-state index >= 15 is 0 Å². The maximum atomic E-state index is 11.4. The van der Waals surface area contributed by atoms with E-state index in [1.807, 2.05) is 6.07 Å². The van der Waals surface area contributed by atoms with Crippen LogP contribution in [0.3, 0.4) is 0 Å². The van der Waals surface area contributed by atoms with Crippen LogP contribution in [0, 0.1) is 5.92 Å². The standard InChI is InChI=1S/C18H30N6O2/c1-13(2)17-14(5-3-10-26-17)22-15-11-16(21-12-20-15)23-6-4-7-24(9-8-23)18(19)25/h11-14,17H,3-10H2,1-2H3,(H2,19,25)(H,20,21,22)/t14-,17-/m0/s1. The first kappa shape index (κ1) is 18.7. The Balaban J connectivity index is 1.67. The lowest BCUT2D eigenvalue weighted by Crippen LogP contribution is -2.43. The molecule has 2 amide bonds. The fourth-order valence-corrected chi connectivity index (χ4v) is 3.77. The SMILES string of the molecule is CC(C)[C@@H]1OCCC[C@@H]1Nc1cc(N2CCCN(C(N)=O)CC2)ncn1. The van der Waals surface area contributed by atoms with E-state index in [1.54, 1.807) is 11.2 Å². The number of carbonyl (C=O) groups is 1. The predicted molar refractivity (Wildman–Crippen MR) is 101 cm³/mol. The number of nitrogens with two attached hydrogens (primary N) is 1. The van der Waals surface area contributed by atoms with E-state index in [1.165, 1.54) is 0 Å². The van der Waals surface area contributed by atoms with Crippen LogP contribution < -0.4 is 16.0 Å². The van der Waals surface area contributed by atoms with Crippen molar-refractivity contribution in [2.45, 2.75) is 45.3 Å². The first-order valence-electron chi connectivity index (χ1n) is 9.54. The monoisotopic (exact) mass is 362 g/mol. The zero-order valence-corrected chi connectivity index (χ0v) is 15.7. The Morgan fingerprint density at radius 1 is 1.27 bits per heavy atom. The number of anilines is 2. The Hall–Kier alpha value is -2.09. The number of carbonyl (C=O) groups excluding carboxylic acids is 1. The number of rotatable bonds is 4. The highest BCUT2D eigenvalue weighted by Gasteiger charge is 2.29. The Morgan fingerprint density at radius 3 is 2.88 bits per heavy atom. The molecule has 8 heteroatoms. The lowest BCUT2D eigenvalue weighted by atomic mass is 9.94. The molecule has 0 unspecified atom stereocenters. The predicted octanol–water partition coefficient (Wildman–Crippen LogP) is 1.68. The van der Waals surface area contributed by atoms with Crippen molar-refractivity contribution < 1.29 is 9.53 Å². The average Bonchev–Trinajstić information content (AvgIpc) is 2.88. The smallest absolute Gasteiger partial charge is 0.314 e. The van der Waals surface area contributed by atoms with Crippen LogP contribution >= 0.6 is 0 Å². The molecule has 3 N–H and O–H groups in total. The highest BCUT2D eigenvalue weighted by atomic mass is 16.5. The minimum absolute atomic E-state index is 0.199. The number of hydrogen-bond acceptors (Lipinski definition) is 6. The Kier molecular flexibility index (Phi) is 6.13. The molecule has 2 saturated heterocycles. The van der Waals surface area contributed by atoms with Gasteiger partial charge in [-0.05, 0) is 25.2 Å². The summed E-state index contributed by atoms with van der Waals surface area (Å²) in [6.07, 6.45) is 4.82. The Labute approximate surface area is 155 Å². The van der Waals surface area contributed by atoms with Crippen LogP contribution in [0.1, 0.15) is 33.1 Å². The molecule has 2 fully saturated rings. The molecule has 3 heterocycles. The van der Waals surface area contributed by atoms with Gasteiger partial charge in [0.1, 0.15) is 18.0 Å². The number of nitrogens with one attached hydrogen (secondary N) is 1. The molecule has 3 rings (SSSR count). The van der Waals surface area contributed by atoms with Gasteiger partial charge < -0.3 is 25.6 Å². The van der Waals surface area contributed by atoms with Gasteiger partial charge in [-0.15, -0.1) is 0 Å². The topological polar surface area (TPSA) is 96.6 Å². The summed E-state index contributed by atoms with van der Waals surface area (Å²) in [4.78, 5) is 24.1. The maximum absolute atomic E-state index is 11.4. The van der Waals surface area contributed by atoms with E-state index in [0.29, 0.717) is 19.0 Å². The average molecular weight is 362 g/mol. The van der Waals surface area contributed by atoms with Gasteiger partial charge in [-0.3, -0.25) is 0 Å². The third kappa shape index (κ3) is 4.55. The first-order valence-corrected chi connectivity index (χ1v) is 9.54. The molecule has 1 aromatic rings. The van der Waals surface area contributed by atoms with Gasteiger partial charge in [-0.1, -0.05) is 13.8 Å². The van der Waals surface area contributed by atoms with Gasteiger partial charge in [0, 0.05) is 38.9 Å². The number of urea groups is 1. The highest BCUT2D eigenvalue weighted by Crippen LogP contribution is 2.24. The molecule has 144 valence electrons. The van der Waals surface area contributed by atoms with Crippen molar-refractivity contribution in [3.8, 4) is 0 Å². The fraction of sp³-hybridized carbons (Fsp3) is 0.722. The van der Waals surface area contributed by atoms with Crippen molar-refractivity contribution in [2.24, 2.45) is 11.7 Å². The minimum atomic E-state index is -0.353. The van der Waals surface area contributed by atoms with Crippen molar-refractivity contribution in [3.05, 3.63) is 12.4 Å². The third-order valence-corrected chi connectivity index (χ3v) is 5.14. The molecule has 2 aliphatic heterocycles. The van der Waals surface area contributed by atoms with Gasteiger partial charge in [0.25, 0.3) is 0 Å². The van der Waals surface area contributed by atoms with E-state index < -0.39 is 0 Å². The van der Waals surface area contributed by atoms with Crippen molar-refractivity contribution in [2.75, 3.05) is 43.0 Å². The molecule has 0 saturated carbocycles. The van der Waals surface area contributed by atoms with E-state index in [9.17, 15) is 4.79 Å². The number of nitrogens with zero attached hydrogens (tertiary/aromatic N) is 4. The van der Waals surface area contributed by atoms with Crippen LogP contribution in [0.25, 0.3) is 0 Å². The lowest BCUT2D eigenvalue weighted by molar-refractivity contribution is -0.0203. The summed E-state index contributed by atoms with van der Waals surface area (Å²) in [6.45, 7) is 8.10. The van der Waals surface area contributed by atoms with Gasteiger partial charge in [-0.2, -0.15) is 0 Å². The molecule has 0 bridgehead atoms. The van der Waals surface area contributed by atoms with Crippen LogP contribution in [0.5, 0.6) is 0 Å². The quantitative estimate of drug-likeness (QED) is 0.846. The number of primary amides is 1. The molecule has 0 aliphatic carbocycles. The summed E-state index contributed by atoms with van der Waals surface area (Å²) < 4.78 is 5.96. The van der Waals surface area contributed by atoms with Crippen LogP contribution in [0.4, 0.5) is 16.4 Å². The third-order valence-electron chi connectivity index (χ3n) is 5.14. The molecule has 0 aromatic carbocycles. The summed E-state index contributed by atoms with van der Waals surface area (Å²) in [5.41, 5.74) is 5.41. The van der Waals surface area contributed by atoms with Crippen molar-refractivity contribution in [3.63, 3.8) is 0 Å². The number of ether oxygens (including phenoxy) is 1. The van der Waals surface area contributed by atoms with E-state index in [0.717, 1.165) is 50.6 Å². The molecule has 26 heavy (non-hydrogen) atoms. The van der Waals surface area contributed by atoms with Gasteiger partial charge in [0.15, 0.2) is 0 Å². The second-order valence-corrected chi connectivity index (χ2v) is 7.40. The van der Waals surface area contributed by atoms with Crippen LogP contribution in [-0.4, -0.2) is 65.8 Å². The minimum Gasteiger partial charge on any atom is -0.376 e. The molecule has 8 nitrogen and oxygen atoms in total. The normalized spacial score (nSPS) is 24.4. The van der Waals surface area contributed by atoms with Gasteiger partial charge in [0.2, 0.25) is 0 Å². The zero-order valence-electron chi connectivity index (χ0n) is 15.7. The summed E-state index contributed by atoms with van der Waals surface area (Å²) in [5.74, 6) is 2.17. The van der Waals surface area contributed by atoms with Crippen LogP contribution in [0.2, 0.25) is 0 Å². The summed E-state index contributed by atoms with van der Waals surface area (Å²) in [7, 11) is 0. The Bertz CT molecular complexity index is 611. The highest BCUT2D eigenvalue weighted by molar-refractivity contribution is 5.72. The zero-order chi connectivity index (χ0) is 18.5. The molecule has 2 atom stereocenters. The van der Waals surface area contributed by atoms with Gasteiger partial charge >= 0.3 is 6.03 Å². The van der Waals surface area contributed by atoms with Crippen molar-refractivity contribution >= 4 is 17.7 Å². The molecule has 0 spiro atoms. The van der Waals surface area contributed by atoms with E-state index in [-0.39, 0.29) is 18.2 Å². The second kappa shape index (κ2) is 8.53. The van der Waals surface area contributed by atoms with Crippen molar-refractivity contribution in [1.82, 2.24) is 14.9 Å². The largest absolute Gasteiger partial charge is 0.376 e. The van der Waals surface area contributed by atoms with E-state index in [2.05, 4.69) is 34.0 Å². The summed E-state index contributed by atoms with van der Waals surface area (Å²) in [5, 5.41) is 3.55. The number of hydrogen-bond donors (Lipinski definition) is 2. The summed E-state index contributed by atoms with van der Waals surface area (Å²) >= 11 is 0. The van der Waals surface area contributed by atoms with E-state index in [4.69, 9.17) is 10.5 Å². The molecule has 0 radical (unpaired) electrons. The first-order chi connectivity index (χ1) is 12.5. The number of aromatic nitrogens is 2. The van der Waals surface area contributed by atoms with Gasteiger partial charge in [-0.25, -0.2) is 14.8 Å². The van der Waals surface area contributed by atoms with Gasteiger partial charge in [0.05, 0.1) is 12.1 Å². The number of amides is 2. The molecule has 1 aromatic heterocycles. The maximum Gasteiger partial charge on any atom is 0.314 e. The Morgan fingerprint density at radius 2 is 2.12 bits per heavy atom. The lowest BCUT2D eigenvalue weighted by Gasteiger charge is -2.35. The molecule has 2 aliphatic rings. The van der Waals surface area contributed by atoms with Crippen molar-refractivity contribution in [1.29, 1.82) is 0 Å². The summed E-state index contributed by atoms with van der Waals surface area (Å²) in [6, 6.07) is 1.90. The fourth-order valence-electron chi connectivity index (χ4n) is 3.77. The molecular formula is C18H30N6O2. The van der Waals surface area contributed by atoms with Crippen LogP contribution in [0.15, 0.2) is 12.4 Å².